The molecule has 0 fully saturated rings. The molecule has 0 saturated carbocycles. The Labute approximate surface area is 354 Å². The standard InChI is InChI=1S/C54H44O4P2/c1-7-19-39(20-8-1)45-35-49-53(57-33-31-55-49)51(47(45)37-59(41-23-11-3-12-24-41)42-25-13-4-14-26-42)52-48(38-60(43-27-15-5-16-28-43)44-29-17-6-18-30-44)46(40-21-9-2-10-22-40)36-50-54(52)58-34-32-56-50/h1-30,35-36H,31-34,37-38H2. The van der Waals surface area contributed by atoms with Crippen molar-refractivity contribution < 1.29 is 18.9 Å². The predicted octanol–water partition coefficient (Wildman–Crippen LogP) is 11.5. The summed E-state index contributed by atoms with van der Waals surface area (Å²) in [6.07, 6.45) is 1.52. The van der Waals surface area contributed by atoms with Crippen LogP contribution in [-0.4, -0.2) is 26.4 Å². The molecule has 10 rings (SSSR count). The van der Waals surface area contributed by atoms with Crippen molar-refractivity contribution in [2.75, 3.05) is 26.4 Å². The van der Waals surface area contributed by atoms with Crippen LogP contribution in [0.5, 0.6) is 23.0 Å². The third-order valence-corrected chi connectivity index (χ3v) is 16.2. The molecular weight excluding hydrogens is 775 g/mol. The SMILES string of the molecule is c1ccc(-c2cc3c(c(-c4c(CP(c5ccccc5)c5ccccc5)c(-c5ccccc5)cc5c4OCCO5)c2CP(c2ccccc2)c2ccccc2)OCCO3)cc1. The predicted molar refractivity (Wildman–Crippen MR) is 250 cm³/mol. The normalized spacial score (nSPS) is 13.0. The Morgan fingerprint density at radius 2 is 0.617 bits per heavy atom. The Morgan fingerprint density at radius 3 is 0.933 bits per heavy atom. The summed E-state index contributed by atoms with van der Waals surface area (Å²) in [4.78, 5) is 0. The molecule has 8 aromatic carbocycles. The zero-order valence-corrected chi connectivity index (χ0v) is 35.0. The van der Waals surface area contributed by atoms with Crippen molar-refractivity contribution in [3.8, 4) is 56.4 Å². The minimum Gasteiger partial charge on any atom is -0.486 e. The Bertz CT molecular complexity index is 2430. The lowest BCUT2D eigenvalue weighted by atomic mass is 9.85. The summed E-state index contributed by atoms with van der Waals surface area (Å²) in [6, 6.07) is 70.0. The lowest BCUT2D eigenvalue weighted by molar-refractivity contribution is 0.169. The lowest BCUT2D eigenvalue weighted by Gasteiger charge is -2.32. The molecule has 0 spiro atoms. The van der Waals surface area contributed by atoms with E-state index in [1.165, 1.54) is 32.3 Å². The van der Waals surface area contributed by atoms with Crippen molar-refractivity contribution in [3.63, 3.8) is 0 Å². The summed E-state index contributed by atoms with van der Waals surface area (Å²) < 4.78 is 27.0. The molecule has 2 aliphatic rings. The average Bonchev–Trinajstić information content (AvgIpc) is 3.33. The Hall–Kier alpha value is -6.18. The number of ether oxygens (including phenoxy) is 4. The van der Waals surface area contributed by atoms with Gasteiger partial charge in [-0.1, -0.05) is 182 Å². The van der Waals surface area contributed by atoms with Gasteiger partial charge >= 0.3 is 0 Å². The highest BCUT2D eigenvalue weighted by Crippen LogP contribution is 2.58. The molecule has 8 aromatic rings. The molecule has 2 heterocycles. The highest BCUT2D eigenvalue weighted by molar-refractivity contribution is 7.72. The highest BCUT2D eigenvalue weighted by atomic mass is 31.1. The molecule has 0 N–H and O–H groups in total. The molecule has 294 valence electrons. The molecule has 6 heteroatoms. The maximum atomic E-state index is 6.89. The van der Waals surface area contributed by atoms with Crippen LogP contribution in [0.2, 0.25) is 0 Å². The van der Waals surface area contributed by atoms with Crippen molar-refractivity contribution >= 4 is 37.1 Å². The Balaban J connectivity index is 1.33. The third kappa shape index (κ3) is 7.70. The number of fused-ring (bicyclic) bond motifs is 2. The van der Waals surface area contributed by atoms with Crippen LogP contribution in [0.1, 0.15) is 11.1 Å². The average molecular weight is 819 g/mol. The minimum atomic E-state index is -0.879. The van der Waals surface area contributed by atoms with Crippen molar-refractivity contribution in [1.29, 1.82) is 0 Å². The third-order valence-electron chi connectivity index (χ3n) is 11.2. The smallest absolute Gasteiger partial charge is 0.169 e. The van der Waals surface area contributed by atoms with E-state index >= 15 is 0 Å². The van der Waals surface area contributed by atoms with Crippen LogP contribution in [-0.2, 0) is 12.3 Å². The van der Waals surface area contributed by atoms with Gasteiger partial charge in [-0.3, -0.25) is 0 Å². The van der Waals surface area contributed by atoms with Crippen LogP contribution in [0.15, 0.2) is 194 Å². The van der Waals surface area contributed by atoms with Gasteiger partial charge in [0, 0.05) is 23.5 Å². The molecule has 0 bridgehead atoms. The second-order valence-corrected chi connectivity index (χ2v) is 19.3. The van der Waals surface area contributed by atoms with Gasteiger partial charge in [-0.15, -0.1) is 0 Å². The van der Waals surface area contributed by atoms with E-state index in [0.717, 1.165) is 68.7 Å². The van der Waals surface area contributed by atoms with Gasteiger partial charge in [0.15, 0.2) is 23.0 Å². The fraction of sp³-hybridized carbons (Fsp3) is 0.111. The first-order valence-corrected chi connectivity index (χ1v) is 23.6. The number of benzene rings is 8. The van der Waals surface area contributed by atoms with E-state index < -0.39 is 15.8 Å². The van der Waals surface area contributed by atoms with E-state index in [0.29, 0.717) is 26.4 Å². The van der Waals surface area contributed by atoms with E-state index in [1.54, 1.807) is 0 Å². The van der Waals surface area contributed by atoms with E-state index in [4.69, 9.17) is 18.9 Å². The Kier molecular flexibility index (Phi) is 11.1. The first-order chi connectivity index (χ1) is 29.8. The first kappa shape index (κ1) is 38.0. The van der Waals surface area contributed by atoms with Gasteiger partial charge in [0.2, 0.25) is 0 Å². The fourth-order valence-corrected chi connectivity index (χ4v) is 13.2. The number of hydrogen-bond acceptors (Lipinski definition) is 4. The molecule has 0 atom stereocenters. The van der Waals surface area contributed by atoms with Gasteiger partial charge < -0.3 is 18.9 Å². The molecule has 0 amide bonds. The molecule has 0 aliphatic carbocycles. The molecule has 0 aromatic heterocycles. The molecule has 0 saturated heterocycles. The van der Waals surface area contributed by atoms with Crippen molar-refractivity contribution in [3.05, 3.63) is 205 Å². The van der Waals surface area contributed by atoms with Crippen LogP contribution in [0.4, 0.5) is 0 Å². The minimum absolute atomic E-state index is 0.449. The zero-order valence-electron chi connectivity index (χ0n) is 33.2. The quantitative estimate of drug-likeness (QED) is 0.122. The van der Waals surface area contributed by atoms with Crippen molar-refractivity contribution in [2.24, 2.45) is 0 Å². The summed E-state index contributed by atoms with van der Waals surface area (Å²) >= 11 is 0. The van der Waals surface area contributed by atoms with Crippen LogP contribution in [0.25, 0.3) is 33.4 Å². The Morgan fingerprint density at radius 1 is 0.333 bits per heavy atom. The summed E-state index contributed by atoms with van der Waals surface area (Å²) in [7, 11) is -1.76. The van der Waals surface area contributed by atoms with E-state index in [2.05, 4.69) is 194 Å². The summed E-state index contributed by atoms with van der Waals surface area (Å²) in [5, 5.41) is 5.26. The molecule has 0 radical (unpaired) electrons. The highest BCUT2D eigenvalue weighted by Gasteiger charge is 2.35. The lowest BCUT2D eigenvalue weighted by Crippen LogP contribution is -2.21. The number of rotatable bonds is 11. The van der Waals surface area contributed by atoms with E-state index in [9.17, 15) is 0 Å². The van der Waals surface area contributed by atoms with Gasteiger partial charge in [0.1, 0.15) is 26.4 Å². The van der Waals surface area contributed by atoms with Crippen LogP contribution < -0.4 is 40.2 Å². The van der Waals surface area contributed by atoms with Crippen LogP contribution in [0.3, 0.4) is 0 Å². The second-order valence-electron chi connectivity index (χ2n) is 14.9. The maximum Gasteiger partial charge on any atom is 0.169 e. The van der Waals surface area contributed by atoms with Crippen LogP contribution >= 0.6 is 15.8 Å². The largest absolute Gasteiger partial charge is 0.486 e. The number of hydrogen-bond donors (Lipinski definition) is 0. The van der Waals surface area contributed by atoms with Gasteiger partial charge in [0.05, 0.1) is 0 Å². The first-order valence-electron chi connectivity index (χ1n) is 20.6. The maximum absolute atomic E-state index is 6.89. The second kappa shape index (κ2) is 17.6. The van der Waals surface area contributed by atoms with Crippen molar-refractivity contribution in [2.45, 2.75) is 12.3 Å². The summed E-state index contributed by atoms with van der Waals surface area (Å²) in [5.41, 5.74) is 8.97. The van der Waals surface area contributed by atoms with Gasteiger partial charge in [-0.2, -0.15) is 0 Å². The van der Waals surface area contributed by atoms with Crippen molar-refractivity contribution in [1.82, 2.24) is 0 Å². The van der Waals surface area contributed by atoms with E-state index in [1.807, 2.05) is 0 Å². The monoisotopic (exact) mass is 818 g/mol. The fourth-order valence-electron chi connectivity index (χ4n) is 8.47. The molecule has 4 nitrogen and oxygen atoms in total. The van der Waals surface area contributed by atoms with Gasteiger partial charge in [-0.25, -0.2) is 0 Å². The molecule has 0 unspecified atom stereocenters. The summed E-state index contributed by atoms with van der Waals surface area (Å²) in [6.45, 7) is 1.85. The zero-order chi connectivity index (χ0) is 40.1. The molecular formula is C54H44O4P2. The topological polar surface area (TPSA) is 36.9 Å². The van der Waals surface area contributed by atoms with E-state index in [-0.39, 0.29) is 0 Å². The summed E-state index contributed by atoms with van der Waals surface area (Å²) in [5.74, 6) is 3.02. The molecule has 2 aliphatic heterocycles. The van der Waals surface area contributed by atoms with Gasteiger partial charge in [0.25, 0.3) is 0 Å². The molecule has 60 heavy (non-hydrogen) atoms. The van der Waals surface area contributed by atoms with Crippen LogP contribution in [0, 0.1) is 0 Å². The van der Waals surface area contributed by atoms with Gasteiger partial charge in [-0.05, 0) is 82.6 Å².